The molecule has 0 atom stereocenters. The van der Waals surface area contributed by atoms with Crippen molar-refractivity contribution in [2.45, 2.75) is 35.2 Å². The van der Waals surface area contributed by atoms with Crippen LogP contribution in [0.2, 0.25) is 0 Å². The molecule has 178 valence electrons. The van der Waals surface area contributed by atoms with Gasteiger partial charge in [0, 0.05) is 0 Å². The molecule has 1 heterocycles. The van der Waals surface area contributed by atoms with Crippen LogP contribution in [0, 0.1) is 0 Å². The molecular formula is C23H23N3O6S2. The third-order valence-corrected chi connectivity index (χ3v) is 7.36. The lowest BCUT2D eigenvalue weighted by Crippen LogP contribution is -2.20. The summed E-state index contributed by atoms with van der Waals surface area (Å²) in [4.78, 5) is 42.8. The zero-order chi connectivity index (χ0) is 24.7. The smallest absolute Gasteiger partial charge is 0.340 e. The number of H-pyrrole nitrogens is 1. The zero-order valence-corrected chi connectivity index (χ0v) is 20.2. The van der Waals surface area contributed by atoms with Gasteiger partial charge in [-0.15, -0.1) is 0 Å². The first-order valence-corrected chi connectivity index (χ1v) is 12.8. The number of nitrogens with zero attached hydrogens (tertiary/aromatic N) is 1. The van der Waals surface area contributed by atoms with Gasteiger partial charge >= 0.3 is 5.97 Å². The summed E-state index contributed by atoms with van der Waals surface area (Å²) in [6.07, 6.45) is 1.74. The molecule has 3 aromatic rings. The maximum absolute atomic E-state index is 12.8. The molecule has 34 heavy (non-hydrogen) atoms. The standard InChI is InChI=1S/C23H23N3O6S2/c1-3-15-9-11-16(12-10-15)34(30,31)19-13-24-23(26-21(19)28)33-14-20(27)25-18-8-6-5-7-17(18)22(29)32-4-2/h5-13H,3-4,14H2,1-2H3,(H,25,27)(H,24,26,28). The number of sulfone groups is 1. The molecule has 0 radical (unpaired) electrons. The normalized spacial score (nSPS) is 11.1. The number of thioether (sulfide) groups is 1. The molecule has 0 spiro atoms. The molecule has 0 saturated heterocycles. The number of aromatic nitrogens is 2. The van der Waals surface area contributed by atoms with Crippen LogP contribution in [0.25, 0.3) is 0 Å². The monoisotopic (exact) mass is 501 g/mol. The first-order valence-electron chi connectivity index (χ1n) is 10.4. The highest BCUT2D eigenvalue weighted by Crippen LogP contribution is 2.20. The first kappa shape index (κ1) is 25.2. The summed E-state index contributed by atoms with van der Waals surface area (Å²) in [5.41, 5.74) is 0.658. The highest BCUT2D eigenvalue weighted by molar-refractivity contribution is 7.99. The first-order chi connectivity index (χ1) is 16.3. The lowest BCUT2D eigenvalue weighted by molar-refractivity contribution is -0.113. The van der Waals surface area contributed by atoms with E-state index in [1.54, 1.807) is 37.3 Å². The second kappa shape index (κ2) is 11.1. The minimum absolute atomic E-state index is 0.00274. The second-order valence-corrected chi connectivity index (χ2v) is 9.87. The number of anilines is 1. The molecule has 0 aliphatic rings. The molecule has 9 nitrogen and oxygen atoms in total. The number of aryl methyl sites for hydroxylation is 1. The summed E-state index contributed by atoms with van der Waals surface area (Å²) in [6.45, 7) is 3.84. The summed E-state index contributed by atoms with van der Waals surface area (Å²) in [5, 5.41) is 2.71. The van der Waals surface area contributed by atoms with Crippen molar-refractivity contribution >= 4 is 39.2 Å². The number of nitrogens with one attached hydrogen (secondary N) is 2. The van der Waals surface area contributed by atoms with Crippen LogP contribution < -0.4 is 10.9 Å². The Labute approximate surface area is 200 Å². The van der Waals surface area contributed by atoms with Gasteiger partial charge in [0.15, 0.2) is 10.1 Å². The van der Waals surface area contributed by atoms with Gasteiger partial charge in [-0.25, -0.2) is 18.2 Å². The molecule has 0 unspecified atom stereocenters. The zero-order valence-electron chi connectivity index (χ0n) is 18.5. The topological polar surface area (TPSA) is 135 Å². The van der Waals surface area contributed by atoms with Crippen molar-refractivity contribution in [1.82, 2.24) is 9.97 Å². The maximum atomic E-state index is 12.8. The molecule has 1 amide bonds. The minimum Gasteiger partial charge on any atom is -0.462 e. The van der Waals surface area contributed by atoms with Crippen LogP contribution in [0.15, 0.2) is 74.5 Å². The van der Waals surface area contributed by atoms with Crippen molar-refractivity contribution in [2.24, 2.45) is 0 Å². The molecule has 2 N–H and O–H groups in total. The number of hydrogen-bond acceptors (Lipinski definition) is 8. The number of aromatic amines is 1. The summed E-state index contributed by atoms with van der Waals surface area (Å²) in [6, 6.07) is 12.7. The number of rotatable bonds is 9. The van der Waals surface area contributed by atoms with E-state index in [-0.39, 0.29) is 28.0 Å². The van der Waals surface area contributed by atoms with Crippen LogP contribution in [-0.4, -0.2) is 42.6 Å². The average Bonchev–Trinajstić information content (AvgIpc) is 2.83. The van der Waals surface area contributed by atoms with Gasteiger partial charge < -0.3 is 15.0 Å². The van der Waals surface area contributed by atoms with Gasteiger partial charge in [0.2, 0.25) is 15.7 Å². The molecule has 0 fully saturated rings. The van der Waals surface area contributed by atoms with Crippen LogP contribution in [0.3, 0.4) is 0 Å². The molecular weight excluding hydrogens is 478 g/mol. The fourth-order valence-electron chi connectivity index (χ4n) is 2.96. The van der Waals surface area contributed by atoms with E-state index in [1.807, 2.05) is 6.92 Å². The van der Waals surface area contributed by atoms with Gasteiger partial charge in [-0.3, -0.25) is 9.59 Å². The van der Waals surface area contributed by atoms with Gasteiger partial charge in [-0.1, -0.05) is 43.0 Å². The molecule has 0 bridgehead atoms. The third kappa shape index (κ3) is 5.91. The Balaban J connectivity index is 1.69. The van der Waals surface area contributed by atoms with Gasteiger partial charge in [0.25, 0.3) is 5.56 Å². The largest absolute Gasteiger partial charge is 0.462 e. The highest BCUT2D eigenvalue weighted by atomic mass is 32.2. The summed E-state index contributed by atoms with van der Waals surface area (Å²) < 4.78 is 30.6. The molecule has 0 aliphatic carbocycles. The Morgan fingerprint density at radius 2 is 1.79 bits per heavy atom. The summed E-state index contributed by atoms with van der Waals surface area (Å²) in [7, 11) is -4.04. The van der Waals surface area contributed by atoms with Gasteiger partial charge in [-0.05, 0) is 43.2 Å². The van der Waals surface area contributed by atoms with Crippen molar-refractivity contribution in [1.29, 1.82) is 0 Å². The number of amides is 1. The van der Waals surface area contributed by atoms with Crippen molar-refractivity contribution in [3.05, 3.63) is 76.2 Å². The van der Waals surface area contributed by atoms with Crippen molar-refractivity contribution in [2.75, 3.05) is 17.7 Å². The molecule has 1 aromatic heterocycles. The van der Waals surface area contributed by atoms with E-state index >= 15 is 0 Å². The quantitative estimate of drug-likeness (QED) is 0.259. The van der Waals surface area contributed by atoms with E-state index in [2.05, 4.69) is 15.3 Å². The predicted molar refractivity (Wildman–Crippen MR) is 128 cm³/mol. The Hall–Kier alpha value is -3.44. The SMILES string of the molecule is CCOC(=O)c1ccccc1NC(=O)CSc1ncc(S(=O)(=O)c2ccc(CC)cc2)c(=O)[nH]1. The summed E-state index contributed by atoms with van der Waals surface area (Å²) in [5.74, 6) is -1.14. The third-order valence-electron chi connectivity index (χ3n) is 4.71. The molecule has 0 aliphatic heterocycles. The molecule has 0 saturated carbocycles. The Bertz CT molecular complexity index is 1350. The van der Waals surface area contributed by atoms with Crippen molar-refractivity contribution in [3.8, 4) is 0 Å². The Morgan fingerprint density at radius 3 is 2.44 bits per heavy atom. The van der Waals surface area contributed by atoms with Gasteiger partial charge in [-0.2, -0.15) is 0 Å². The molecule has 11 heteroatoms. The average molecular weight is 502 g/mol. The van der Waals surface area contributed by atoms with Gasteiger partial charge in [0.05, 0.1) is 34.7 Å². The lowest BCUT2D eigenvalue weighted by Gasteiger charge is -2.10. The van der Waals surface area contributed by atoms with E-state index in [4.69, 9.17) is 4.74 Å². The van der Waals surface area contributed by atoms with Crippen LogP contribution in [0.5, 0.6) is 0 Å². The fourth-order valence-corrected chi connectivity index (χ4v) is 4.83. The van der Waals surface area contributed by atoms with E-state index < -0.39 is 32.2 Å². The molecule has 2 aromatic carbocycles. The maximum Gasteiger partial charge on any atom is 0.340 e. The van der Waals surface area contributed by atoms with Crippen LogP contribution in [0.4, 0.5) is 5.69 Å². The number of ether oxygens (including phenoxy) is 1. The van der Waals surface area contributed by atoms with Crippen LogP contribution in [0.1, 0.15) is 29.8 Å². The minimum atomic E-state index is -4.04. The fraction of sp³-hybridized carbons (Fsp3) is 0.217. The van der Waals surface area contributed by atoms with Crippen molar-refractivity contribution in [3.63, 3.8) is 0 Å². The Morgan fingerprint density at radius 1 is 1.09 bits per heavy atom. The predicted octanol–water partition coefficient (Wildman–Crippen LogP) is 3.07. The number of benzene rings is 2. The van der Waals surface area contributed by atoms with Gasteiger partial charge in [0.1, 0.15) is 0 Å². The Kier molecular flexibility index (Phi) is 8.24. The number of para-hydroxylation sites is 1. The second-order valence-electron chi connectivity index (χ2n) is 6.99. The summed E-state index contributed by atoms with van der Waals surface area (Å²) >= 11 is 0.917. The van der Waals surface area contributed by atoms with Crippen LogP contribution in [-0.2, 0) is 25.8 Å². The molecule has 3 rings (SSSR count). The van der Waals surface area contributed by atoms with E-state index in [1.165, 1.54) is 18.2 Å². The number of esters is 1. The van der Waals surface area contributed by atoms with E-state index in [0.717, 1.165) is 29.9 Å². The van der Waals surface area contributed by atoms with Crippen molar-refractivity contribution < 1.29 is 22.7 Å². The number of carbonyl (C=O) groups excluding carboxylic acids is 2. The highest BCUT2D eigenvalue weighted by Gasteiger charge is 2.22. The number of hydrogen-bond donors (Lipinski definition) is 2. The number of carbonyl (C=O) groups is 2. The lowest BCUT2D eigenvalue weighted by atomic mass is 10.2. The van der Waals surface area contributed by atoms with E-state index in [0.29, 0.717) is 5.69 Å². The van der Waals surface area contributed by atoms with Crippen LogP contribution >= 0.6 is 11.8 Å². The van der Waals surface area contributed by atoms with E-state index in [9.17, 15) is 22.8 Å².